The highest BCUT2D eigenvalue weighted by molar-refractivity contribution is 5.99. The van der Waals surface area contributed by atoms with Crippen LogP contribution in [-0.4, -0.2) is 52.4 Å². The molecule has 0 spiro atoms. The van der Waals surface area contributed by atoms with Crippen molar-refractivity contribution in [2.45, 2.75) is 69.7 Å². The lowest BCUT2D eigenvalue weighted by molar-refractivity contribution is 0.0709. The van der Waals surface area contributed by atoms with E-state index in [0.717, 1.165) is 57.8 Å². The minimum Gasteiger partial charge on any atom is -0.349 e. The van der Waals surface area contributed by atoms with Crippen molar-refractivity contribution in [3.63, 3.8) is 0 Å². The van der Waals surface area contributed by atoms with Crippen LogP contribution >= 0.6 is 0 Å². The van der Waals surface area contributed by atoms with E-state index in [2.05, 4.69) is 24.3 Å². The van der Waals surface area contributed by atoms with E-state index in [9.17, 15) is 14.4 Å². The van der Waals surface area contributed by atoms with Crippen LogP contribution in [0.3, 0.4) is 0 Å². The molecule has 2 aromatic rings. The summed E-state index contributed by atoms with van der Waals surface area (Å²) >= 11 is 0. The Kier molecular flexibility index (Phi) is 6.84. The van der Waals surface area contributed by atoms with E-state index in [1.54, 1.807) is 17.3 Å². The maximum Gasteiger partial charge on any atom is 0.259 e. The summed E-state index contributed by atoms with van der Waals surface area (Å²) in [5.41, 5.74) is 1.24. The molecule has 1 aromatic carbocycles. The number of rotatable bonds is 4. The van der Waals surface area contributed by atoms with E-state index in [-0.39, 0.29) is 29.0 Å². The SMILES string of the molecule is O=C(c1cn(C2CCCC2)cc(C(=O)N2CCC(c3ccccc3)CC2)c1=O)N1CCCCC1. The summed E-state index contributed by atoms with van der Waals surface area (Å²) < 4.78 is 2.00. The summed E-state index contributed by atoms with van der Waals surface area (Å²) in [6.07, 6.45) is 12.6. The molecule has 5 rings (SSSR count). The van der Waals surface area contributed by atoms with Crippen LogP contribution < -0.4 is 5.43 Å². The molecule has 1 aromatic heterocycles. The van der Waals surface area contributed by atoms with Crippen LogP contribution in [-0.2, 0) is 0 Å². The first-order valence-corrected chi connectivity index (χ1v) is 13.0. The number of hydrogen-bond donors (Lipinski definition) is 0. The van der Waals surface area contributed by atoms with Crippen LogP contribution in [0.5, 0.6) is 0 Å². The predicted octanol–water partition coefficient (Wildman–Crippen LogP) is 4.61. The Labute approximate surface area is 201 Å². The minimum atomic E-state index is -0.403. The fourth-order valence-electron chi connectivity index (χ4n) is 5.89. The molecule has 6 heteroatoms. The van der Waals surface area contributed by atoms with Gasteiger partial charge >= 0.3 is 0 Å². The lowest BCUT2D eigenvalue weighted by Crippen LogP contribution is -2.43. The average Bonchev–Trinajstić information content (AvgIpc) is 3.44. The second-order valence-electron chi connectivity index (χ2n) is 10.1. The van der Waals surface area contributed by atoms with Crippen molar-refractivity contribution >= 4 is 11.8 Å². The summed E-state index contributed by atoms with van der Waals surface area (Å²) in [5.74, 6) is -0.00199. The van der Waals surface area contributed by atoms with Crippen LogP contribution in [0.1, 0.15) is 96.0 Å². The topological polar surface area (TPSA) is 62.6 Å². The molecule has 34 heavy (non-hydrogen) atoms. The molecule has 0 bridgehead atoms. The monoisotopic (exact) mass is 461 g/mol. The van der Waals surface area contributed by atoms with Crippen molar-refractivity contribution in [1.82, 2.24) is 14.4 Å². The third-order valence-electron chi connectivity index (χ3n) is 7.95. The molecule has 1 saturated carbocycles. The van der Waals surface area contributed by atoms with Gasteiger partial charge in [0.25, 0.3) is 11.8 Å². The molecule has 3 fully saturated rings. The number of likely N-dealkylation sites (tertiary alicyclic amines) is 2. The Morgan fingerprint density at radius 1 is 0.676 bits per heavy atom. The molecule has 2 amide bonds. The van der Waals surface area contributed by atoms with Crippen LogP contribution in [0.25, 0.3) is 0 Å². The van der Waals surface area contributed by atoms with Crippen molar-refractivity contribution in [3.8, 4) is 0 Å². The highest BCUT2D eigenvalue weighted by atomic mass is 16.2. The molecule has 2 saturated heterocycles. The van der Waals surface area contributed by atoms with Crippen molar-refractivity contribution < 1.29 is 9.59 Å². The third-order valence-corrected chi connectivity index (χ3v) is 7.95. The highest BCUT2D eigenvalue weighted by Gasteiger charge is 2.30. The van der Waals surface area contributed by atoms with Crippen molar-refractivity contribution in [3.05, 3.63) is 69.6 Å². The van der Waals surface area contributed by atoms with Crippen LogP contribution in [0, 0.1) is 0 Å². The van der Waals surface area contributed by atoms with Crippen LogP contribution in [0.15, 0.2) is 47.5 Å². The summed E-state index contributed by atoms with van der Waals surface area (Å²) in [4.78, 5) is 44.0. The summed E-state index contributed by atoms with van der Waals surface area (Å²) in [6.45, 7) is 2.64. The normalized spacial score (nSPS) is 20.0. The third kappa shape index (κ3) is 4.68. The Morgan fingerprint density at radius 2 is 1.24 bits per heavy atom. The van der Waals surface area contributed by atoms with Gasteiger partial charge in [-0.25, -0.2) is 0 Å². The highest BCUT2D eigenvalue weighted by Crippen LogP contribution is 2.31. The summed E-state index contributed by atoms with van der Waals surface area (Å²) in [7, 11) is 0. The number of benzene rings is 1. The van der Waals surface area contributed by atoms with Gasteiger partial charge in [0.1, 0.15) is 11.1 Å². The Morgan fingerprint density at radius 3 is 1.82 bits per heavy atom. The second-order valence-corrected chi connectivity index (χ2v) is 10.1. The summed E-state index contributed by atoms with van der Waals surface area (Å²) in [6, 6.07) is 10.7. The molecular formula is C28H35N3O3. The van der Waals surface area contributed by atoms with Gasteiger partial charge in [0.2, 0.25) is 5.43 Å². The van der Waals surface area contributed by atoms with E-state index in [0.29, 0.717) is 32.1 Å². The maximum absolute atomic E-state index is 13.6. The molecule has 0 atom stereocenters. The number of amides is 2. The molecule has 1 aliphatic carbocycles. The van der Waals surface area contributed by atoms with Gasteiger partial charge in [0, 0.05) is 44.6 Å². The van der Waals surface area contributed by atoms with Gasteiger partial charge in [0.15, 0.2) is 0 Å². The van der Waals surface area contributed by atoms with Crippen molar-refractivity contribution in [2.24, 2.45) is 0 Å². The zero-order valence-corrected chi connectivity index (χ0v) is 20.0. The molecule has 0 unspecified atom stereocenters. The predicted molar refractivity (Wildman–Crippen MR) is 132 cm³/mol. The summed E-state index contributed by atoms with van der Waals surface area (Å²) in [5, 5.41) is 0. The van der Waals surface area contributed by atoms with Crippen LogP contribution in [0.4, 0.5) is 0 Å². The molecule has 180 valence electrons. The largest absolute Gasteiger partial charge is 0.349 e. The van der Waals surface area contributed by atoms with E-state index in [1.807, 2.05) is 15.5 Å². The van der Waals surface area contributed by atoms with Gasteiger partial charge < -0.3 is 14.4 Å². The Hall–Kier alpha value is -2.89. The van der Waals surface area contributed by atoms with E-state index < -0.39 is 5.43 Å². The lowest BCUT2D eigenvalue weighted by atomic mass is 9.89. The fourth-order valence-corrected chi connectivity index (χ4v) is 5.89. The molecular weight excluding hydrogens is 426 g/mol. The van der Waals surface area contributed by atoms with Gasteiger partial charge in [-0.05, 0) is 56.4 Å². The first kappa shape index (κ1) is 22.9. The van der Waals surface area contributed by atoms with Gasteiger partial charge in [0.05, 0.1) is 0 Å². The molecule has 0 N–H and O–H groups in total. The van der Waals surface area contributed by atoms with Gasteiger partial charge in [-0.15, -0.1) is 0 Å². The quantitative estimate of drug-likeness (QED) is 0.668. The average molecular weight is 462 g/mol. The number of nitrogens with zero attached hydrogens (tertiary/aromatic N) is 3. The standard InChI is InChI=1S/C28H35N3O3/c32-26-24(27(33)29-15-7-2-8-16-29)19-31(23-11-5-6-12-23)20-25(26)28(34)30-17-13-22(14-18-30)21-9-3-1-4-10-21/h1,3-4,9-10,19-20,22-23H,2,5-8,11-18H2. The molecule has 2 aliphatic heterocycles. The first-order chi connectivity index (χ1) is 16.6. The van der Waals surface area contributed by atoms with Crippen molar-refractivity contribution in [1.29, 1.82) is 0 Å². The van der Waals surface area contributed by atoms with Gasteiger partial charge in [-0.3, -0.25) is 14.4 Å². The van der Waals surface area contributed by atoms with Crippen molar-refractivity contribution in [2.75, 3.05) is 26.2 Å². The fraction of sp³-hybridized carbons (Fsp3) is 0.536. The molecule has 3 heterocycles. The maximum atomic E-state index is 13.6. The smallest absolute Gasteiger partial charge is 0.259 e. The number of carbonyl (C=O) groups excluding carboxylic acids is 2. The number of pyridine rings is 1. The molecule has 0 radical (unpaired) electrons. The Bertz CT molecular complexity index is 1070. The number of aromatic nitrogens is 1. The molecule has 3 aliphatic rings. The lowest BCUT2D eigenvalue weighted by Gasteiger charge is -2.32. The number of hydrogen-bond acceptors (Lipinski definition) is 3. The molecule has 6 nitrogen and oxygen atoms in total. The second kappa shape index (κ2) is 10.2. The number of carbonyl (C=O) groups is 2. The van der Waals surface area contributed by atoms with E-state index in [4.69, 9.17) is 0 Å². The van der Waals surface area contributed by atoms with E-state index >= 15 is 0 Å². The first-order valence-electron chi connectivity index (χ1n) is 13.0. The minimum absolute atomic E-state index is 0.160. The number of piperidine rings is 2. The van der Waals surface area contributed by atoms with Gasteiger partial charge in [-0.2, -0.15) is 0 Å². The van der Waals surface area contributed by atoms with Gasteiger partial charge in [-0.1, -0.05) is 43.2 Å². The van der Waals surface area contributed by atoms with Crippen LogP contribution in [0.2, 0.25) is 0 Å². The van der Waals surface area contributed by atoms with E-state index in [1.165, 1.54) is 5.56 Å². The Balaban J connectivity index is 1.40. The zero-order chi connectivity index (χ0) is 23.5. The zero-order valence-electron chi connectivity index (χ0n) is 20.0.